The Bertz CT molecular complexity index is 1410. The molecule has 0 fully saturated rings. The summed E-state index contributed by atoms with van der Waals surface area (Å²) in [5, 5.41) is 3.03. The monoisotopic (exact) mass is 444 g/mol. The fraction of sp³-hybridized carbons (Fsp3) is 0.0417. The molecule has 0 unspecified atom stereocenters. The number of furan rings is 1. The lowest BCUT2D eigenvalue weighted by atomic mass is 10.1. The lowest BCUT2D eigenvalue weighted by Crippen LogP contribution is -2.22. The normalized spacial score (nSPS) is 11.1. The summed E-state index contributed by atoms with van der Waals surface area (Å²) >= 11 is 2.66. The number of fused-ring (bicyclic) bond motifs is 1. The number of hydrogen-bond donors (Lipinski definition) is 0. The minimum absolute atomic E-state index is 0.120. The third-order valence-corrected chi connectivity index (χ3v) is 6.62. The van der Waals surface area contributed by atoms with E-state index in [1.165, 1.54) is 29.4 Å². The number of carbonyl (C=O) groups excluding carboxylic acids is 1. The molecule has 0 aliphatic heterocycles. The highest BCUT2D eigenvalue weighted by Gasteiger charge is 2.20. The van der Waals surface area contributed by atoms with Gasteiger partial charge in [0.15, 0.2) is 10.9 Å². The first-order valence-corrected chi connectivity index (χ1v) is 11.4. The molecular weight excluding hydrogens is 428 g/mol. The van der Waals surface area contributed by atoms with Crippen molar-refractivity contribution in [3.8, 4) is 16.8 Å². The van der Waals surface area contributed by atoms with Crippen LogP contribution in [0.5, 0.6) is 0 Å². The van der Waals surface area contributed by atoms with Crippen LogP contribution in [0, 0.1) is 0 Å². The molecule has 0 saturated carbocycles. The molecule has 0 aliphatic rings. The van der Waals surface area contributed by atoms with E-state index >= 15 is 0 Å². The summed E-state index contributed by atoms with van der Waals surface area (Å²) in [4.78, 5) is 31.6. The maximum absolute atomic E-state index is 13.7. The van der Waals surface area contributed by atoms with Gasteiger partial charge in [-0.05, 0) is 29.8 Å². The quantitative estimate of drug-likeness (QED) is 0.191. The lowest BCUT2D eigenvalue weighted by Gasteiger charge is -2.12. The van der Waals surface area contributed by atoms with Gasteiger partial charge in [-0.25, -0.2) is 4.98 Å². The number of benzene rings is 2. The van der Waals surface area contributed by atoms with Crippen molar-refractivity contribution in [3.63, 3.8) is 0 Å². The minimum atomic E-state index is -0.153. The van der Waals surface area contributed by atoms with E-state index < -0.39 is 0 Å². The van der Waals surface area contributed by atoms with Gasteiger partial charge in [0.05, 0.1) is 23.1 Å². The van der Waals surface area contributed by atoms with E-state index in [0.717, 1.165) is 11.1 Å². The smallest absolute Gasteiger partial charge is 0.268 e. The zero-order chi connectivity index (χ0) is 21.2. The number of hydrogen-bond acceptors (Lipinski definition) is 6. The van der Waals surface area contributed by atoms with Crippen LogP contribution in [0.2, 0.25) is 0 Å². The van der Waals surface area contributed by atoms with Gasteiger partial charge in [-0.15, -0.1) is 11.3 Å². The summed E-state index contributed by atoms with van der Waals surface area (Å²) in [5.74, 6) is 0.264. The number of carbonyl (C=O) groups is 1. The van der Waals surface area contributed by atoms with Crippen LogP contribution < -0.4 is 5.56 Å². The largest absolute Gasteiger partial charge is 0.461 e. The topological polar surface area (TPSA) is 65.1 Å². The van der Waals surface area contributed by atoms with Crippen LogP contribution in [0.25, 0.3) is 27.0 Å². The predicted octanol–water partition coefficient (Wildman–Crippen LogP) is 5.68. The molecule has 3 heterocycles. The van der Waals surface area contributed by atoms with Crippen molar-refractivity contribution in [2.45, 2.75) is 5.16 Å². The number of rotatable bonds is 6. The third-order valence-electron chi connectivity index (χ3n) is 4.80. The van der Waals surface area contributed by atoms with Gasteiger partial charge in [-0.1, -0.05) is 60.3 Å². The number of nitrogens with zero attached hydrogens (tertiary/aromatic N) is 2. The third kappa shape index (κ3) is 3.73. The number of thioether (sulfide) groups is 1. The first-order valence-electron chi connectivity index (χ1n) is 9.57. The zero-order valence-corrected chi connectivity index (χ0v) is 17.9. The van der Waals surface area contributed by atoms with Crippen molar-refractivity contribution in [3.05, 3.63) is 101 Å². The van der Waals surface area contributed by atoms with Crippen LogP contribution in [0.15, 0.2) is 98.8 Å². The maximum atomic E-state index is 13.7. The summed E-state index contributed by atoms with van der Waals surface area (Å²) in [6, 6.07) is 22.5. The molecule has 3 aromatic heterocycles. The SMILES string of the molecule is O=C(CSc1nc2scc(-c3ccccc3)c2c(=O)n1-c1ccccc1)c1ccco1. The van der Waals surface area contributed by atoms with Gasteiger partial charge in [-0.3, -0.25) is 14.2 Å². The van der Waals surface area contributed by atoms with E-state index in [-0.39, 0.29) is 17.1 Å². The van der Waals surface area contributed by atoms with E-state index in [9.17, 15) is 9.59 Å². The van der Waals surface area contributed by atoms with E-state index in [1.807, 2.05) is 66.0 Å². The summed E-state index contributed by atoms with van der Waals surface area (Å²) in [6.07, 6.45) is 1.47. The van der Waals surface area contributed by atoms with Crippen molar-refractivity contribution >= 4 is 39.1 Å². The van der Waals surface area contributed by atoms with E-state index in [4.69, 9.17) is 9.40 Å². The molecule has 0 atom stereocenters. The Morgan fingerprint density at radius 1 is 1.00 bits per heavy atom. The van der Waals surface area contributed by atoms with Gasteiger partial charge >= 0.3 is 0 Å². The number of ketones is 1. The molecular formula is C24H16N2O3S2. The average molecular weight is 445 g/mol. The Labute approximate surface area is 186 Å². The maximum Gasteiger partial charge on any atom is 0.268 e. The second-order valence-corrected chi connectivity index (χ2v) is 8.56. The molecule has 5 rings (SSSR count). The highest BCUT2D eigenvalue weighted by atomic mass is 32.2. The molecule has 31 heavy (non-hydrogen) atoms. The predicted molar refractivity (Wildman–Crippen MR) is 124 cm³/mol. The average Bonchev–Trinajstić information content (AvgIpc) is 3.49. The van der Waals surface area contributed by atoms with Crippen molar-refractivity contribution in [1.82, 2.24) is 9.55 Å². The molecule has 5 nitrogen and oxygen atoms in total. The van der Waals surface area contributed by atoms with Crippen LogP contribution in [0.1, 0.15) is 10.6 Å². The first-order chi connectivity index (χ1) is 15.2. The molecule has 0 N–H and O–H groups in total. The fourth-order valence-electron chi connectivity index (χ4n) is 3.34. The molecule has 0 aliphatic carbocycles. The first kappa shape index (κ1) is 19.5. The van der Waals surface area contributed by atoms with Crippen molar-refractivity contribution in [2.75, 3.05) is 5.75 Å². The Morgan fingerprint density at radius 2 is 1.74 bits per heavy atom. The minimum Gasteiger partial charge on any atom is -0.461 e. The molecule has 7 heteroatoms. The highest BCUT2D eigenvalue weighted by molar-refractivity contribution is 7.99. The Morgan fingerprint density at radius 3 is 2.45 bits per heavy atom. The number of aromatic nitrogens is 2. The van der Waals surface area contributed by atoms with Gasteiger partial charge in [0.25, 0.3) is 5.56 Å². The van der Waals surface area contributed by atoms with Crippen molar-refractivity contribution < 1.29 is 9.21 Å². The molecule has 0 radical (unpaired) electrons. The Kier molecular flexibility index (Phi) is 5.28. The highest BCUT2D eigenvalue weighted by Crippen LogP contribution is 2.33. The van der Waals surface area contributed by atoms with Crippen LogP contribution in [-0.4, -0.2) is 21.1 Å². The van der Waals surface area contributed by atoms with Crippen molar-refractivity contribution in [2.24, 2.45) is 0 Å². The standard InChI is InChI=1S/C24H16N2O3S2/c27-19(20-12-7-13-29-20)15-31-24-25-22-21(18(14-30-22)16-8-3-1-4-9-16)23(28)26(24)17-10-5-2-6-11-17/h1-14H,15H2. The molecule has 0 spiro atoms. The zero-order valence-electron chi connectivity index (χ0n) is 16.2. The molecule has 0 saturated heterocycles. The van der Waals surface area contributed by atoms with E-state index in [0.29, 0.717) is 26.8 Å². The Balaban J connectivity index is 1.65. The summed E-state index contributed by atoms with van der Waals surface area (Å²) in [7, 11) is 0. The van der Waals surface area contributed by atoms with E-state index in [2.05, 4.69) is 0 Å². The number of Topliss-reactive ketones (excluding diaryl/α,β-unsaturated/α-hetero) is 1. The van der Waals surface area contributed by atoms with Crippen molar-refractivity contribution in [1.29, 1.82) is 0 Å². The van der Waals surface area contributed by atoms with Crippen LogP contribution >= 0.6 is 23.1 Å². The van der Waals surface area contributed by atoms with Gasteiger partial charge in [0.2, 0.25) is 5.78 Å². The molecule has 5 aromatic rings. The molecule has 0 amide bonds. The van der Waals surface area contributed by atoms with Crippen LogP contribution in [0.3, 0.4) is 0 Å². The summed E-state index contributed by atoms with van der Waals surface area (Å²) in [5.41, 5.74) is 2.40. The molecule has 152 valence electrons. The van der Waals surface area contributed by atoms with Gasteiger partial charge in [0, 0.05) is 10.9 Å². The summed E-state index contributed by atoms with van der Waals surface area (Å²) in [6.45, 7) is 0. The van der Waals surface area contributed by atoms with E-state index in [1.54, 1.807) is 16.7 Å². The van der Waals surface area contributed by atoms with Crippen LogP contribution in [-0.2, 0) is 0 Å². The number of thiophene rings is 1. The lowest BCUT2D eigenvalue weighted by molar-refractivity contribution is 0.0992. The fourth-order valence-corrected chi connectivity index (χ4v) is 5.21. The number of para-hydroxylation sites is 1. The summed E-state index contributed by atoms with van der Waals surface area (Å²) < 4.78 is 6.78. The van der Waals surface area contributed by atoms with Gasteiger partial charge < -0.3 is 4.42 Å². The van der Waals surface area contributed by atoms with Gasteiger partial charge in [-0.2, -0.15) is 0 Å². The van der Waals surface area contributed by atoms with Gasteiger partial charge in [0.1, 0.15) is 4.83 Å². The second-order valence-electron chi connectivity index (χ2n) is 6.76. The van der Waals surface area contributed by atoms with Crippen LogP contribution in [0.4, 0.5) is 0 Å². The Hall–Kier alpha value is -3.42. The molecule has 0 bridgehead atoms. The molecule has 2 aromatic carbocycles. The second kappa shape index (κ2) is 8.37.